The zero-order valence-electron chi connectivity index (χ0n) is 11.9. The quantitative estimate of drug-likeness (QED) is 0.663. The lowest BCUT2D eigenvalue weighted by molar-refractivity contribution is 0.0445. The second kappa shape index (κ2) is 7.43. The number of fused-ring (bicyclic) bond motifs is 2. The van der Waals surface area contributed by atoms with E-state index in [0.29, 0.717) is 13.2 Å². The molecule has 2 fully saturated rings. The molecule has 2 unspecified atom stereocenters. The summed E-state index contributed by atoms with van der Waals surface area (Å²) in [5.41, 5.74) is 0. The number of ether oxygens (including phenoxy) is 2. The van der Waals surface area contributed by atoms with Gasteiger partial charge in [-0.1, -0.05) is 6.92 Å². The number of likely N-dealkylation sites (N-methyl/N-ethyl adjacent to an activating group) is 1. The molecule has 106 valence electrons. The van der Waals surface area contributed by atoms with Gasteiger partial charge in [0.05, 0.1) is 19.8 Å². The van der Waals surface area contributed by atoms with Crippen molar-refractivity contribution in [3.05, 3.63) is 0 Å². The van der Waals surface area contributed by atoms with Gasteiger partial charge in [-0.3, -0.25) is 4.90 Å². The van der Waals surface area contributed by atoms with Crippen molar-refractivity contribution in [3.63, 3.8) is 0 Å². The molecule has 18 heavy (non-hydrogen) atoms. The fraction of sp³-hybridized carbons (Fsp3) is 1.00. The van der Waals surface area contributed by atoms with E-state index in [9.17, 15) is 0 Å². The van der Waals surface area contributed by atoms with Crippen LogP contribution >= 0.6 is 0 Å². The topological polar surface area (TPSA) is 33.7 Å². The van der Waals surface area contributed by atoms with E-state index in [1.54, 1.807) is 7.11 Å². The molecule has 1 N–H and O–H groups in total. The fourth-order valence-corrected chi connectivity index (χ4v) is 3.35. The van der Waals surface area contributed by atoms with Crippen molar-refractivity contribution < 1.29 is 9.47 Å². The molecule has 2 atom stereocenters. The molecule has 2 aliphatic heterocycles. The first-order valence-corrected chi connectivity index (χ1v) is 7.40. The Balaban J connectivity index is 1.68. The van der Waals surface area contributed by atoms with Crippen LogP contribution in [0.1, 0.15) is 32.6 Å². The molecule has 2 heterocycles. The third kappa shape index (κ3) is 3.92. The van der Waals surface area contributed by atoms with E-state index in [-0.39, 0.29) is 0 Å². The highest BCUT2D eigenvalue weighted by molar-refractivity contribution is 4.95. The van der Waals surface area contributed by atoms with Crippen molar-refractivity contribution in [2.75, 3.05) is 40.0 Å². The smallest absolute Gasteiger partial charge is 0.0700 e. The van der Waals surface area contributed by atoms with E-state index >= 15 is 0 Å². The summed E-state index contributed by atoms with van der Waals surface area (Å²) in [4.78, 5) is 2.60. The number of nitrogens with one attached hydrogen (secondary N) is 1. The molecule has 2 aliphatic rings. The largest absolute Gasteiger partial charge is 0.382 e. The lowest BCUT2D eigenvalue weighted by Crippen LogP contribution is -2.49. The molecule has 0 aromatic rings. The lowest BCUT2D eigenvalue weighted by atomic mass is 9.98. The van der Waals surface area contributed by atoms with Gasteiger partial charge >= 0.3 is 0 Å². The molecule has 4 nitrogen and oxygen atoms in total. The molecule has 0 aromatic carbocycles. The Bertz CT molecular complexity index is 226. The van der Waals surface area contributed by atoms with E-state index in [1.807, 2.05) is 0 Å². The van der Waals surface area contributed by atoms with Crippen LogP contribution in [0.3, 0.4) is 0 Å². The summed E-state index contributed by atoms with van der Waals surface area (Å²) in [5, 5.41) is 3.71. The van der Waals surface area contributed by atoms with Crippen LogP contribution in [0.4, 0.5) is 0 Å². The third-order valence-electron chi connectivity index (χ3n) is 4.33. The second-order valence-corrected chi connectivity index (χ2v) is 5.50. The Hall–Kier alpha value is -0.160. The molecule has 4 heteroatoms. The Labute approximate surface area is 111 Å². The molecule has 2 rings (SSSR count). The van der Waals surface area contributed by atoms with E-state index in [0.717, 1.165) is 37.8 Å². The zero-order valence-corrected chi connectivity index (χ0v) is 11.9. The number of hydrogen-bond acceptors (Lipinski definition) is 4. The SMILES string of the molecule is CCN(CCOCCOC)C1CC2CCC(C1)N2. The molecule has 0 aliphatic carbocycles. The maximum absolute atomic E-state index is 5.58. The van der Waals surface area contributed by atoms with Gasteiger partial charge in [-0.25, -0.2) is 0 Å². The molecule has 0 amide bonds. The highest BCUT2D eigenvalue weighted by atomic mass is 16.5. The number of rotatable bonds is 8. The molecule has 2 bridgehead atoms. The standard InChI is InChI=1S/C14H28N2O2/c1-3-16(6-7-18-9-8-17-2)14-10-12-4-5-13(11-14)15-12/h12-15H,3-11H2,1-2H3. The Morgan fingerprint density at radius 1 is 1.11 bits per heavy atom. The predicted octanol–water partition coefficient (Wildman–Crippen LogP) is 1.25. The minimum absolute atomic E-state index is 0.698. The van der Waals surface area contributed by atoms with Crippen molar-refractivity contribution in [2.24, 2.45) is 0 Å². The summed E-state index contributed by atoms with van der Waals surface area (Å²) in [6.07, 6.45) is 5.40. The number of methoxy groups -OCH3 is 1. The predicted molar refractivity (Wildman–Crippen MR) is 72.9 cm³/mol. The van der Waals surface area contributed by atoms with Crippen LogP contribution in [0.5, 0.6) is 0 Å². The van der Waals surface area contributed by atoms with E-state index in [4.69, 9.17) is 9.47 Å². The molecule has 0 spiro atoms. The van der Waals surface area contributed by atoms with Crippen LogP contribution in [0.15, 0.2) is 0 Å². The highest BCUT2D eigenvalue weighted by Gasteiger charge is 2.35. The van der Waals surface area contributed by atoms with Crippen molar-refractivity contribution in [3.8, 4) is 0 Å². The summed E-state index contributed by atoms with van der Waals surface area (Å²) in [6, 6.07) is 2.31. The van der Waals surface area contributed by atoms with E-state index in [1.165, 1.54) is 25.7 Å². The van der Waals surface area contributed by atoms with Crippen LogP contribution < -0.4 is 5.32 Å². The second-order valence-electron chi connectivity index (χ2n) is 5.50. The van der Waals surface area contributed by atoms with Gasteiger partial charge in [0.1, 0.15) is 0 Å². The van der Waals surface area contributed by atoms with Gasteiger partial charge in [0.25, 0.3) is 0 Å². The summed E-state index contributed by atoms with van der Waals surface area (Å²) in [7, 11) is 1.71. The summed E-state index contributed by atoms with van der Waals surface area (Å²) >= 11 is 0. The van der Waals surface area contributed by atoms with Crippen molar-refractivity contribution in [1.82, 2.24) is 10.2 Å². The van der Waals surface area contributed by atoms with Gasteiger partial charge in [0.15, 0.2) is 0 Å². The van der Waals surface area contributed by atoms with Crippen molar-refractivity contribution in [1.29, 1.82) is 0 Å². The molecule has 0 saturated carbocycles. The number of piperidine rings is 1. The van der Waals surface area contributed by atoms with Crippen molar-refractivity contribution in [2.45, 2.75) is 50.7 Å². The van der Waals surface area contributed by atoms with Gasteiger partial charge in [-0.05, 0) is 32.2 Å². The lowest BCUT2D eigenvalue weighted by Gasteiger charge is -2.37. The van der Waals surface area contributed by atoms with Crippen LogP contribution in [0.2, 0.25) is 0 Å². The summed E-state index contributed by atoms with van der Waals surface area (Å²) < 4.78 is 10.6. The number of nitrogens with zero attached hydrogens (tertiary/aromatic N) is 1. The maximum atomic E-state index is 5.58. The third-order valence-corrected chi connectivity index (χ3v) is 4.33. The molecule has 2 saturated heterocycles. The molecular weight excluding hydrogens is 228 g/mol. The highest BCUT2D eigenvalue weighted by Crippen LogP contribution is 2.29. The average molecular weight is 256 g/mol. The Morgan fingerprint density at radius 3 is 2.44 bits per heavy atom. The molecular formula is C14H28N2O2. The van der Waals surface area contributed by atoms with Gasteiger partial charge < -0.3 is 14.8 Å². The van der Waals surface area contributed by atoms with Gasteiger partial charge in [0, 0.05) is 31.8 Å². The minimum atomic E-state index is 0.698. The average Bonchev–Trinajstić information content (AvgIpc) is 2.73. The van der Waals surface area contributed by atoms with Gasteiger partial charge in [0.2, 0.25) is 0 Å². The normalized spacial score (nSPS) is 31.2. The van der Waals surface area contributed by atoms with E-state index in [2.05, 4.69) is 17.1 Å². The Morgan fingerprint density at radius 2 is 1.83 bits per heavy atom. The first-order chi connectivity index (χ1) is 8.83. The fourth-order valence-electron chi connectivity index (χ4n) is 3.35. The first-order valence-electron chi connectivity index (χ1n) is 7.40. The summed E-state index contributed by atoms with van der Waals surface area (Å²) in [5.74, 6) is 0. The zero-order chi connectivity index (χ0) is 12.8. The van der Waals surface area contributed by atoms with Crippen LogP contribution in [0, 0.1) is 0 Å². The molecule has 0 aromatic heterocycles. The van der Waals surface area contributed by atoms with Gasteiger partial charge in [-0.15, -0.1) is 0 Å². The number of hydrogen-bond donors (Lipinski definition) is 1. The van der Waals surface area contributed by atoms with Crippen LogP contribution in [-0.2, 0) is 9.47 Å². The Kier molecular flexibility index (Phi) is 5.89. The van der Waals surface area contributed by atoms with Crippen molar-refractivity contribution >= 4 is 0 Å². The monoisotopic (exact) mass is 256 g/mol. The first kappa shape index (κ1) is 14.3. The van der Waals surface area contributed by atoms with Crippen LogP contribution in [-0.4, -0.2) is 63.0 Å². The summed E-state index contributed by atoms with van der Waals surface area (Å²) in [6.45, 7) is 6.70. The minimum Gasteiger partial charge on any atom is -0.382 e. The maximum Gasteiger partial charge on any atom is 0.0700 e. The van der Waals surface area contributed by atoms with E-state index < -0.39 is 0 Å². The molecule has 0 radical (unpaired) electrons. The van der Waals surface area contributed by atoms with Crippen LogP contribution in [0.25, 0.3) is 0 Å². The van der Waals surface area contributed by atoms with Gasteiger partial charge in [-0.2, -0.15) is 0 Å².